The molecule has 0 saturated carbocycles. The summed E-state index contributed by atoms with van der Waals surface area (Å²) in [5.41, 5.74) is 0.325. The molecule has 0 aliphatic heterocycles. The van der Waals surface area contributed by atoms with Crippen LogP contribution in [0.25, 0.3) is 0 Å². The second-order valence-electron chi connectivity index (χ2n) is 3.37. The van der Waals surface area contributed by atoms with Crippen LogP contribution in [0.2, 0.25) is 0 Å². The van der Waals surface area contributed by atoms with Crippen LogP contribution in [0.3, 0.4) is 0 Å². The molecule has 1 aromatic carbocycles. The Morgan fingerprint density at radius 1 is 1.39 bits per heavy atom. The molecule has 0 fully saturated rings. The van der Waals surface area contributed by atoms with Gasteiger partial charge in [-0.15, -0.1) is 0 Å². The third-order valence-corrected chi connectivity index (χ3v) is 3.11. The third kappa shape index (κ3) is 3.28. The minimum Gasteiger partial charge on any atom is -0.322 e. The van der Waals surface area contributed by atoms with Crippen LogP contribution in [-0.2, 0) is 10.1 Å². The molecule has 0 radical (unpaired) electrons. The Bertz CT molecular complexity index is 602. The van der Waals surface area contributed by atoms with Crippen LogP contribution in [0.15, 0.2) is 53.6 Å². The SMILES string of the molecule is C=C/C(=C/C)NC(=O)c1ccccc1S(=O)(=O)O. The summed E-state index contributed by atoms with van der Waals surface area (Å²) >= 11 is 0. The largest absolute Gasteiger partial charge is 0.322 e. The van der Waals surface area contributed by atoms with Gasteiger partial charge in [0.1, 0.15) is 4.90 Å². The first kappa shape index (κ1) is 14.1. The molecule has 0 aliphatic carbocycles. The molecule has 1 rings (SSSR count). The monoisotopic (exact) mass is 267 g/mol. The van der Waals surface area contributed by atoms with Crippen molar-refractivity contribution in [1.82, 2.24) is 5.32 Å². The van der Waals surface area contributed by atoms with E-state index in [4.69, 9.17) is 4.55 Å². The van der Waals surface area contributed by atoms with E-state index in [1.165, 1.54) is 24.3 Å². The number of allylic oxidation sites excluding steroid dienone is 2. The first-order chi connectivity index (χ1) is 8.40. The summed E-state index contributed by atoms with van der Waals surface area (Å²) in [6.07, 6.45) is 3.04. The Hall–Kier alpha value is -1.92. The fourth-order valence-electron chi connectivity index (χ4n) is 1.32. The van der Waals surface area contributed by atoms with Crippen LogP contribution in [0.4, 0.5) is 0 Å². The number of nitrogens with one attached hydrogen (secondary N) is 1. The molecular formula is C12H13NO4S. The Balaban J connectivity index is 3.19. The summed E-state index contributed by atoms with van der Waals surface area (Å²) in [4.78, 5) is 11.4. The van der Waals surface area contributed by atoms with Crippen LogP contribution in [0.1, 0.15) is 17.3 Å². The van der Waals surface area contributed by atoms with Gasteiger partial charge in [0.05, 0.1) is 5.56 Å². The van der Waals surface area contributed by atoms with Crippen molar-refractivity contribution in [3.63, 3.8) is 0 Å². The van der Waals surface area contributed by atoms with Crippen LogP contribution >= 0.6 is 0 Å². The standard InChI is InChI=1S/C12H13NO4S/c1-3-9(4-2)13-12(14)10-7-5-6-8-11(10)18(15,16)17/h3-8H,1H2,2H3,(H,13,14)(H,15,16,17)/b9-4-. The van der Waals surface area contributed by atoms with E-state index in [1.807, 2.05) is 0 Å². The average molecular weight is 267 g/mol. The molecule has 0 bridgehead atoms. The van der Waals surface area contributed by atoms with Crippen LogP contribution in [-0.4, -0.2) is 18.9 Å². The highest BCUT2D eigenvalue weighted by atomic mass is 32.2. The van der Waals surface area contributed by atoms with Crippen molar-refractivity contribution in [3.8, 4) is 0 Å². The lowest BCUT2D eigenvalue weighted by Crippen LogP contribution is -2.23. The maximum absolute atomic E-state index is 11.9. The average Bonchev–Trinajstić information content (AvgIpc) is 2.34. The smallest absolute Gasteiger partial charge is 0.295 e. The molecule has 0 aromatic heterocycles. The summed E-state index contributed by atoms with van der Waals surface area (Å²) in [7, 11) is -4.43. The van der Waals surface area contributed by atoms with Gasteiger partial charge in [0.15, 0.2) is 0 Å². The summed E-state index contributed by atoms with van der Waals surface area (Å²) in [6, 6.07) is 5.40. The van der Waals surface area contributed by atoms with Crippen LogP contribution in [0.5, 0.6) is 0 Å². The minimum atomic E-state index is -4.43. The molecule has 0 saturated heterocycles. The summed E-state index contributed by atoms with van der Waals surface area (Å²) < 4.78 is 31.3. The van der Waals surface area contributed by atoms with E-state index < -0.39 is 20.9 Å². The van der Waals surface area contributed by atoms with Crippen molar-refractivity contribution in [2.24, 2.45) is 0 Å². The van der Waals surface area contributed by atoms with E-state index in [0.29, 0.717) is 5.70 Å². The lowest BCUT2D eigenvalue weighted by atomic mass is 10.2. The zero-order valence-corrected chi connectivity index (χ0v) is 10.6. The molecule has 96 valence electrons. The Kier molecular flexibility index (Phi) is 4.41. The summed E-state index contributed by atoms with van der Waals surface area (Å²) in [6.45, 7) is 5.20. The topological polar surface area (TPSA) is 83.5 Å². The number of amides is 1. The molecule has 5 nitrogen and oxygen atoms in total. The number of carbonyl (C=O) groups excluding carboxylic acids is 1. The Labute approximate surface area is 106 Å². The fraction of sp³-hybridized carbons (Fsp3) is 0.0833. The van der Waals surface area contributed by atoms with Crippen LogP contribution < -0.4 is 5.32 Å². The fourth-order valence-corrected chi connectivity index (χ4v) is 2.01. The lowest BCUT2D eigenvalue weighted by molar-refractivity contribution is 0.0963. The molecular weight excluding hydrogens is 254 g/mol. The highest BCUT2D eigenvalue weighted by molar-refractivity contribution is 7.86. The molecule has 18 heavy (non-hydrogen) atoms. The maximum Gasteiger partial charge on any atom is 0.295 e. The second-order valence-corrected chi connectivity index (χ2v) is 4.76. The number of benzene rings is 1. The number of hydrogen-bond donors (Lipinski definition) is 2. The first-order valence-electron chi connectivity index (χ1n) is 5.06. The van der Waals surface area contributed by atoms with Crippen molar-refractivity contribution in [2.45, 2.75) is 11.8 Å². The molecule has 0 unspecified atom stereocenters. The Morgan fingerprint density at radius 3 is 2.50 bits per heavy atom. The van der Waals surface area contributed by atoms with Gasteiger partial charge in [-0.1, -0.05) is 24.8 Å². The first-order valence-corrected chi connectivity index (χ1v) is 6.50. The van der Waals surface area contributed by atoms with E-state index in [9.17, 15) is 13.2 Å². The number of rotatable bonds is 4. The van der Waals surface area contributed by atoms with Crippen LogP contribution in [0, 0.1) is 0 Å². The molecule has 0 heterocycles. The molecule has 1 amide bonds. The molecule has 0 aliphatic rings. The van der Waals surface area contributed by atoms with Gasteiger partial charge in [-0.25, -0.2) is 0 Å². The van der Waals surface area contributed by atoms with Gasteiger partial charge < -0.3 is 5.32 Å². The van der Waals surface area contributed by atoms with Gasteiger partial charge >= 0.3 is 0 Å². The predicted molar refractivity (Wildman–Crippen MR) is 67.7 cm³/mol. The van der Waals surface area contributed by atoms with Crippen molar-refractivity contribution in [3.05, 3.63) is 54.3 Å². The van der Waals surface area contributed by atoms with Crippen molar-refractivity contribution >= 4 is 16.0 Å². The molecule has 2 N–H and O–H groups in total. The number of hydrogen-bond acceptors (Lipinski definition) is 3. The quantitative estimate of drug-likeness (QED) is 0.643. The van der Waals surface area contributed by atoms with E-state index in [1.54, 1.807) is 13.0 Å². The van der Waals surface area contributed by atoms with E-state index >= 15 is 0 Å². The minimum absolute atomic E-state index is 0.124. The zero-order chi connectivity index (χ0) is 13.8. The predicted octanol–water partition coefficient (Wildman–Crippen LogP) is 1.75. The van der Waals surface area contributed by atoms with Crippen molar-refractivity contribution in [2.75, 3.05) is 0 Å². The molecule has 6 heteroatoms. The maximum atomic E-state index is 11.9. The van der Waals surface area contributed by atoms with E-state index in [2.05, 4.69) is 11.9 Å². The zero-order valence-electron chi connectivity index (χ0n) is 9.75. The Morgan fingerprint density at radius 2 is 2.00 bits per heavy atom. The molecule has 1 aromatic rings. The number of carbonyl (C=O) groups is 1. The lowest BCUT2D eigenvalue weighted by Gasteiger charge is -2.08. The van der Waals surface area contributed by atoms with Crippen molar-refractivity contribution < 1.29 is 17.8 Å². The summed E-state index contributed by atoms with van der Waals surface area (Å²) in [5.74, 6) is -0.628. The van der Waals surface area contributed by atoms with E-state index in [-0.39, 0.29) is 5.56 Å². The third-order valence-electron chi connectivity index (χ3n) is 2.20. The molecule has 0 atom stereocenters. The van der Waals surface area contributed by atoms with Gasteiger partial charge in [-0.3, -0.25) is 9.35 Å². The van der Waals surface area contributed by atoms with Gasteiger partial charge in [-0.05, 0) is 25.1 Å². The van der Waals surface area contributed by atoms with Gasteiger partial charge in [0, 0.05) is 5.70 Å². The second kappa shape index (κ2) is 5.61. The summed E-state index contributed by atoms with van der Waals surface area (Å²) in [5, 5.41) is 2.47. The van der Waals surface area contributed by atoms with E-state index in [0.717, 1.165) is 6.07 Å². The normalized spacial score (nSPS) is 12.0. The van der Waals surface area contributed by atoms with Crippen molar-refractivity contribution in [1.29, 1.82) is 0 Å². The van der Waals surface area contributed by atoms with Gasteiger partial charge in [-0.2, -0.15) is 8.42 Å². The highest BCUT2D eigenvalue weighted by Gasteiger charge is 2.19. The van der Waals surface area contributed by atoms with Gasteiger partial charge in [0.2, 0.25) is 0 Å². The molecule has 0 spiro atoms. The highest BCUT2D eigenvalue weighted by Crippen LogP contribution is 2.15. The van der Waals surface area contributed by atoms with Gasteiger partial charge in [0.25, 0.3) is 16.0 Å².